The summed E-state index contributed by atoms with van der Waals surface area (Å²) in [7, 11) is 1.89. The molecule has 0 aliphatic heterocycles. The van der Waals surface area contributed by atoms with Crippen LogP contribution in [0.2, 0.25) is 0 Å². The van der Waals surface area contributed by atoms with Gasteiger partial charge in [-0.15, -0.1) is 0 Å². The lowest BCUT2D eigenvalue weighted by molar-refractivity contribution is 0.613. The molecule has 0 saturated heterocycles. The summed E-state index contributed by atoms with van der Waals surface area (Å²) in [4.78, 5) is 4.24. The standard InChI is InChI=1S/C12H11N3O/c1-8-5-10(12-13-7-14-15(12)2)6-9-3-4-16-11(8)9/h3-7H,1-2H3. The predicted octanol–water partition coefficient (Wildman–Crippen LogP) is 2.54. The van der Waals surface area contributed by atoms with Crippen molar-refractivity contribution in [2.45, 2.75) is 6.92 Å². The van der Waals surface area contributed by atoms with E-state index in [-0.39, 0.29) is 0 Å². The van der Waals surface area contributed by atoms with Gasteiger partial charge >= 0.3 is 0 Å². The molecule has 0 atom stereocenters. The lowest BCUT2D eigenvalue weighted by Crippen LogP contribution is -1.94. The van der Waals surface area contributed by atoms with E-state index in [2.05, 4.69) is 22.2 Å². The molecule has 2 aromatic heterocycles. The Hall–Kier alpha value is -2.10. The number of nitrogens with zero attached hydrogens (tertiary/aromatic N) is 3. The van der Waals surface area contributed by atoms with Crippen molar-refractivity contribution < 1.29 is 4.42 Å². The highest BCUT2D eigenvalue weighted by molar-refractivity contribution is 5.85. The predicted molar refractivity (Wildman–Crippen MR) is 60.9 cm³/mol. The summed E-state index contributed by atoms with van der Waals surface area (Å²) < 4.78 is 7.17. The van der Waals surface area contributed by atoms with E-state index in [1.807, 2.05) is 20.0 Å². The average molecular weight is 213 g/mol. The van der Waals surface area contributed by atoms with Crippen molar-refractivity contribution in [1.82, 2.24) is 14.8 Å². The molecule has 0 radical (unpaired) electrons. The molecule has 2 heterocycles. The summed E-state index contributed by atoms with van der Waals surface area (Å²) in [6.07, 6.45) is 3.27. The molecule has 3 aromatic rings. The maximum absolute atomic E-state index is 5.41. The molecule has 3 rings (SSSR count). The van der Waals surface area contributed by atoms with Crippen molar-refractivity contribution in [3.8, 4) is 11.4 Å². The third kappa shape index (κ3) is 1.23. The quantitative estimate of drug-likeness (QED) is 0.624. The number of fused-ring (bicyclic) bond motifs is 1. The number of furan rings is 1. The molecule has 16 heavy (non-hydrogen) atoms. The largest absolute Gasteiger partial charge is 0.464 e. The van der Waals surface area contributed by atoms with Crippen LogP contribution in [-0.4, -0.2) is 14.8 Å². The summed E-state index contributed by atoms with van der Waals surface area (Å²) in [6, 6.07) is 6.09. The van der Waals surface area contributed by atoms with Gasteiger partial charge in [0.25, 0.3) is 0 Å². The molecule has 0 unspecified atom stereocenters. The summed E-state index contributed by atoms with van der Waals surface area (Å²) in [5.74, 6) is 0.867. The zero-order valence-electron chi connectivity index (χ0n) is 9.14. The van der Waals surface area contributed by atoms with Crippen LogP contribution >= 0.6 is 0 Å². The average Bonchev–Trinajstić information content (AvgIpc) is 2.85. The van der Waals surface area contributed by atoms with Gasteiger partial charge < -0.3 is 4.42 Å². The van der Waals surface area contributed by atoms with Crippen molar-refractivity contribution in [2.75, 3.05) is 0 Å². The minimum atomic E-state index is 0.867. The van der Waals surface area contributed by atoms with E-state index in [1.165, 1.54) is 0 Å². The van der Waals surface area contributed by atoms with Crippen LogP contribution in [0.3, 0.4) is 0 Å². The second kappa shape index (κ2) is 3.20. The van der Waals surface area contributed by atoms with Gasteiger partial charge in [-0.2, -0.15) is 5.10 Å². The van der Waals surface area contributed by atoms with Crippen molar-refractivity contribution in [3.63, 3.8) is 0 Å². The molecule has 4 nitrogen and oxygen atoms in total. The van der Waals surface area contributed by atoms with Gasteiger partial charge in [-0.3, -0.25) is 0 Å². The third-order valence-electron chi connectivity index (χ3n) is 2.71. The van der Waals surface area contributed by atoms with Crippen molar-refractivity contribution in [2.24, 2.45) is 7.05 Å². The smallest absolute Gasteiger partial charge is 0.157 e. The van der Waals surface area contributed by atoms with Gasteiger partial charge in [0.2, 0.25) is 0 Å². The first kappa shape index (κ1) is 9.15. The van der Waals surface area contributed by atoms with Crippen LogP contribution in [0.25, 0.3) is 22.4 Å². The van der Waals surface area contributed by atoms with E-state index in [0.717, 1.165) is 27.9 Å². The van der Waals surface area contributed by atoms with Crippen molar-refractivity contribution in [1.29, 1.82) is 0 Å². The first-order chi connectivity index (χ1) is 7.75. The van der Waals surface area contributed by atoms with E-state index in [1.54, 1.807) is 17.3 Å². The monoisotopic (exact) mass is 213 g/mol. The highest BCUT2D eigenvalue weighted by atomic mass is 16.3. The molecule has 80 valence electrons. The number of aromatic nitrogens is 3. The van der Waals surface area contributed by atoms with Gasteiger partial charge in [0.05, 0.1) is 6.26 Å². The zero-order valence-corrected chi connectivity index (χ0v) is 9.14. The van der Waals surface area contributed by atoms with Gasteiger partial charge in [-0.25, -0.2) is 9.67 Å². The maximum atomic E-state index is 5.41. The lowest BCUT2D eigenvalue weighted by Gasteiger charge is -2.02. The second-order valence-corrected chi connectivity index (χ2v) is 3.84. The molecule has 1 aromatic carbocycles. The normalized spacial score (nSPS) is 11.1. The van der Waals surface area contributed by atoms with Crippen LogP contribution in [0.15, 0.2) is 35.2 Å². The third-order valence-corrected chi connectivity index (χ3v) is 2.71. The number of hydrogen-bond acceptors (Lipinski definition) is 3. The zero-order chi connectivity index (χ0) is 11.1. The highest BCUT2D eigenvalue weighted by Gasteiger charge is 2.08. The Kier molecular flexibility index (Phi) is 1.83. The number of rotatable bonds is 1. The molecule has 0 amide bonds. The Labute approximate surface area is 92.5 Å². The van der Waals surface area contributed by atoms with Crippen molar-refractivity contribution >= 4 is 11.0 Å². The SMILES string of the molecule is Cc1cc(-c2ncnn2C)cc2ccoc12. The van der Waals surface area contributed by atoms with Gasteiger partial charge in [0.15, 0.2) is 5.82 Å². The molecule has 0 saturated carbocycles. The van der Waals surface area contributed by atoms with Gasteiger partial charge in [0.1, 0.15) is 11.9 Å². The molecule has 0 aliphatic carbocycles. The number of benzene rings is 1. The van der Waals surface area contributed by atoms with E-state index >= 15 is 0 Å². The fourth-order valence-electron chi connectivity index (χ4n) is 1.95. The molecule has 4 heteroatoms. The molecular weight excluding hydrogens is 202 g/mol. The van der Waals surface area contributed by atoms with Crippen LogP contribution in [0.5, 0.6) is 0 Å². The van der Waals surface area contributed by atoms with Crippen LogP contribution in [0.4, 0.5) is 0 Å². The first-order valence-corrected chi connectivity index (χ1v) is 5.08. The van der Waals surface area contributed by atoms with Gasteiger partial charge in [0, 0.05) is 18.0 Å². The van der Waals surface area contributed by atoms with E-state index < -0.39 is 0 Å². The fourth-order valence-corrected chi connectivity index (χ4v) is 1.95. The first-order valence-electron chi connectivity index (χ1n) is 5.08. The number of aryl methyl sites for hydroxylation is 2. The maximum Gasteiger partial charge on any atom is 0.157 e. The van der Waals surface area contributed by atoms with Crippen LogP contribution in [0, 0.1) is 6.92 Å². The van der Waals surface area contributed by atoms with E-state index in [4.69, 9.17) is 4.42 Å². The van der Waals surface area contributed by atoms with Crippen LogP contribution < -0.4 is 0 Å². The molecule has 0 N–H and O–H groups in total. The molecular formula is C12H11N3O. The summed E-state index contributed by atoms with van der Waals surface area (Å²) in [5.41, 5.74) is 3.11. The summed E-state index contributed by atoms with van der Waals surface area (Å²) >= 11 is 0. The van der Waals surface area contributed by atoms with Gasteiger partial charge in [-0.05, 0) is 30.7 Å². The fraction of sp³-hybridized carbons (Fsp3) is 0.167. The van der Waals surface area contributed by atoms with Crippen molar-refractivity contribution in [3.05, 3.63) is 36.4 Å². The van der Waals surface area contributed by atoms with Gasteiger partial charge in [-0.1, -0.05) is 0 Å². The Balaban J connectivity index is 2.29. The molecule has 0 fully saturated rings. The Morgan fingerprint density at radius 2 is 2.19 bits per heavy atom. The second-order valence-electron chi connectivity index (χ2n) is 3.84. The minimum Gasteiger partial charge on any atom is -0.464 e. The lowest BCUT2D eigenvalue weighted by atomic mass is 10.1. The molecule has 0 bridgehead atoms. The summed E-state index contributed by atoms with van der Waals surface area (Å²) in [5, 5.41) is 5.17. The minimum absolute atomic E-state index is 0.867. The topological polar surface area (TPSA) is 43.9 Å². The Bertz CT molecular complexity index is 651. The number of hydrogen-bond donors (Lipinski definition) is 0. The Morgan fingerprint density at radius 1 is 1.31 bits per heavy atom. The summed E-state index contributed by atoms with van der Waals surface area (Å²) in [6.45, 7) is 2.03. The molecule has 0 aliphatic rings. The van der Waals surface area contributed by atoms with E-state index in [9.17, 15) is 0 Å². The van der Waals surface area contributed by atoms with Crippen LogP contribution in [0.1, 0.15) is 5.56 Å². The van der Waals surface area contributed by atoms with Crippen LogP contribution in [-0.2, 0) is 7.05 Å². The highest BCUT2D eigenvalue weighted by Crippen LogP contribution is 2.26. The van der Waals surface area contributed by atoms with E-state index in [0.29, 0.717) is 0 Å². The Morgan fingerprint density at radius 3 is 2.94 bits per heavy atom. The molecule has 0 spiro atoms.